The van der Waals surface area contributed by atoms with Crippen LogP contribution in [-0.4, -0.2) is 40.8 Å². The lowest BCUT2D eigenvalue weighted by atomic mass is 10.0. The minimum Gasteiger partial charge on any atom is -0.508 e. The SMILES string of the molecule is Oc1ccc2ccccc2c1CN1CCC(N2COc3ccc4ccccc4c3C2)C1. The summed E-state index contributed by atoms with van der Waals surface area (Å²) in [5.41, 5.74) is 2.33. The molecule has 2 aliphatic heterocycles. The summed E-state index contributed by atoms with van der Waals surface area (Å²) in [7, 11) is 0. The summed E-state index contributed by atoms with van der Waals surface area (Å²) in [6, 6.07) is 25.4. The zero-order chi connectivity index (χ0) is 20.8. The molecule has 0 aromatic heterocycles. The second-order valence-electron chi connectivity index (χ2n) is 8.75. The molecule has 0 saturated carbocycles. The van der Waals surface area contributed by atoms with Crippen LogP contribution in [0.5, 0.6) is 11.5 Å². The molecule has 6 rings (SSSR count). The summed E-state index contributed by atoms with van der Waals surface area (Å²) in [5, 5.41) is 15.4. The van der Waals surface area contributed by atoms with E-state index in [9.17, 15) is 5.11 Å². The number of fused-ring (bicyclic) bond motifs is 4. The monoisotopic (exact) mass is 410 g/mol. The molecule has 1 N–H and O–H groups in total. The van der Waals surface area contributed by atoms with Crippen molar-refractivity contribution >= 4 is 21.5 Å². The molecule has 31 heavy (non-hydrogen) atoms. The van der Waals surface area contributed by atoms with E-state index in [-0.39, 0.29) is 0 Å². The van der Waals surface area contributed by atoms with Crippen molar-refractivity contribution in [3.63, 3.8) is 0 Å². The molecule has 156 valence electrons. The van der Waals surface area contributed by atoms with Gasteiger partial charge in [0.25, 0.3) is 0 Å². The Bertz CT molecular complexity index is 1270. The summed E-state index contributed by atoms with van der Waals surface area (Å²) < 4.78 is 6.15. The first-order valence-electron chi connectivity index (χ1n) is 11.1. The first-order valence-corrected chi connectivity index (χ1v) is 11.1. The van der Waals surface area contributed by atoms with Crippen molar-refractivity contribution < 1.29 is 9.84 Å². The number of hydrogen-bond donors (Lipinski definition) is 1. The maximum atomic E-state index is 10.5. The highest BCUT2D eigenvalue weighted by Gasteiger charge is 2.31. The molecular formula is C27H26N2O2. The zero-order valence-corrected chi connectivity index (χ0v) is 17.5. The number of phenols is 1. The molecule has 0 aliphatic carbocycles. The normalized spacial score (nSPS) is 19.5. The molecule has 4 aromatic rings. The Morgan fingerprint density at radius 1 is 0.871 bits per heavy atom. The van der Waals surface area contributed by atoms with Crippen LogP contribution in [0.3, 0.4) is 0 Å². The lowest BCUT2D eigenvalue weighted by molar-refractivity contribution is 0.0587. The molecule has 4 heteroatoms. The van der Waals surface area contributed by atoms with Crippen LogP contribution in [0.2, 0.25) is 0 Å². The first-order chi connectivity index (χ1) is 15.3. The topological polar surface area (TPSA) is 35.9 Å². The fraction of sp³-hybridized carbons (Fsp3) is 0.259. The van der Waals surface area contributed by atoms with Crippen LogP contribution in [0.25, 0.3) is 21.5 Å². The van der Waals surface area contributed by atoms with Gasteiger partial charge in [0.1, 0.15) is 18.2 Å². The third-order valence-corrected chi connectivity index (χ3v) is 6.91. The van der Waals surface area contributed by atoms with Crippen molar-refractivity contribution in [3.05, 3.63) is 83.9 Å². The van der Waals surface area contributed by atoms with E-state index >= 15 is 0 Å². The first kappa shape index (κ1) is 18.7. The van der Waals surface area contributed by atoms with Gasteiger partial charge in [-0.3, -0.25) is 9.80 Å². The minimum absolute atomic E-state index is 0.392. The van der Waals surface area contributed by atoms with Crippen molar-refractivity contribution in [1.82, 2.24) is 9.80 Å². The highest BCUT2D eigenvalue weighted by Crippen LogP contribution is 2.35. The predicted molar refractivity (Wildman–Crippen MR) is 124 cm³/mol. The number of ether oxygens (including phenoxy) is 1. The molecule has 1 atom stereocenters. The van der Waals surface area contributed by atoms with Gasteiger partial charge in [0.2, 0.25) is 0 Å². The van der Waals surface area contributed by atoms with Crippen molar-refractivity contribution in [2.24, 2.45) is 0 Å². The standard InChI is InChI=1S/C27H26N2O2/c30-26-11-9-19-5-1-3-7-22(19)24(26)16-28-14-13-21(15-28)29-17-25-23-8-4-2-6-20(23)10-12-27(25)31-18-29/h1-12,21,30H,13-18H2. The Morgan fingerprint density at radius 3 is 2.48 bits per heavy atom. The van der Waals surface area contributed by atoms with E-state index in [1.54, 1.807) is 0 Å². The molecule has 1 saturated heterocycles. The van der Waals surface area contributed by atoms with E-state index in [1.807, 2.05) is 24.3 Å². The number of hydrogen-bond acceptors (Lipinski definition) is 4. The summed E-state index contributed by atoms with van der Waals surface area (Å²) in [6.45, 7) is 4.37. The quantitative estimate of drug-likeness (QED) is 0.508. The minimum atomic E-state index is 0.392. The van der Waals surface area contributed by atoms with Crippen LogP contribution in [0.15, 0.2) is 72.8 Å². The number of likely N-dealkylation sites (tertiary alicyclic amines) is 1. The number of rotatable bonds is 3. The molecule has 2 aliphatic rings. The molecule has 0 amide bonds. The average Bonchev–Trinajstić information content (AvgIpc) is 3.29. The fourth-order valence-electron chi connectivity index (χ4n) is 5.22. The molecule has 4 aromatic carbocycles. The summed E-state index contributed by atoms with van der Waals surface area (Å²) in [4.78, 5) is 4.93. The lowest BCUT2D eigenvalue weighted by Gasteiger charge is -2.34. The summed E-state index contributed by atoms with van der Waals surface area (Å²) in [5.74, 6) is 1.41. The van der Waals surface area contributed by atoms with E-state index in [0.29, 0.717) is 18.5 Å². The van der Waals surface area contributed by atoms with Crippen LogP contribution in [0.1, 0.15) is 17.5 Å². The molecule has 4 nitrogen and oxygen atoms in total. The van der Waals surface area contributed by atoms with Gasteiger partial charge < -0.3 is 9.84 Å². The summed E-state index contributed by atoms with van der Waals surface area (Å²) in [6.07, 6.45) is 1.12. The third kappa shape index (κ3) is 3.32. The second kappa shape index (κ2) is 7.56. The fourth-order valence-corrected chi connectivity index (χ4v) is 5.22. The van der Waals surface area contributed by atoms with E-state index in [4.69, 9.17) is 4.74 Å². The van der Waals surface area contributed by atoms with E-state index in [2.05, 4.69) is 58.3 Å². The Morgan fingerprint density at radius 2 is 1.61 bits per heavy atom. The molecule has 0 bridgehead atoms. The highest BCUT2D eigenvalue weighted by atomic mass is 16.5. The average molecular weight is 411 g/mol. The Kier molecular flexibility index (Phi) is 4.55. The third-order valence-electron chi connectivity index (χ3n) is 6.91. The Labute approximate surface area is 182 Å². The molecule has 1 unspecified atom stereocenters. The van der Waals surface area contributed by atoms with Crippen LogP contribution in [0.4, 0.5) is 0 Å². The van der Waals surface area contributed by atoms with Crippen LogP contribution in [0, 0.1) is 0 Å². The highest BCUT2D eigenvalue weighted by molar-refractivity contribution is 5.88. The molecule has 2 heterocycles. The van der Waals surface area contributed by atoms with Gasteiger partial charge in [-0.1, -0.05) is 60.7 Å². The maximum absolute atomic E-state index is 10.5. The number of aromatic hydroxyl groups is 1. The Hall–Kier alpha value is -3.08. The van der Waals surface area contributed by atoms with E-state index in [0.717, 1.165) is 49.3 Å². The number of nitrogens with zero attached hydrogens (tertiary/aromatic N) is 2. The maximum Gasteiger partial charge on any atom is 0.142 e. The zero-order valence-electron chi connectivity index (χ0n) is 17.5. The van der Waals surface area contributed by atoms with Crippen LogP contribution in [-0.2, 0) is 13.1 Å². The van der Waals surface area contributed by atoms with Gasteiger partial charge in [0, 0.05) is 43.3 Å². The summed E-state index contributed by atoms with van der Waals surface area (Å²) >= 11 is 0. The smallest absolute Gasteiger partial charge is 0.142 e. The molecule has 0 spiro atoms. The van der Waals surface area contributed by atoms with Crippen LogP contribution >= 0.6 is 0 Å². The number of phenolic OH excluding ortho intramolecular Hbond substituents is 1. The second-order valence-corrected chi connectivity index (χ2v) is 8.75. The predicted octanol–water partition coefficient (Wildman–Crippen LogP) is 5.13. The van der Waals surface area contributed by atoms with Crippen molar-refractivity contribution in [2.75, 3.05) is 19.8 Å². The van der Waals surface area contributed by atoms with E-state index < -0.39 is 0 Å². The molecular weight excluding hydrogens is 384 g/mol. The molecule has 1 fully saturated rings. The van der Waals surface area contributed by atoms with Crippen LogP contribution < -0.4 is 4.74 Å². The van der Waals surface area contributed by atoms with Gasteiger partial charge >= 0.3 is 0 Å². The van der Waals surface area contributed by atoms with Gasteiger partial charge in [-0.05, 0) is 40.1 Å². The van der Waals surface area contributed by atoms with Gasteiger partial charge in [0.05, 0.1) is 0 Å². The number of benzene rings is 4. The van der Waals surface area contributed by atoms with Crippen molar-refractivity contribution in [2.45, 2.75) is 25.6 Å². The van der Waals surface area contributed by atoms with Gasteiger partial charge in [-0.15, -0.1) is 0 Å². The Balaban J connectivity index is 1.21. The van der Waals surface area contributed by atoms with Gasteiger partial charge in [-0.2, -0.15) is 0 Å². The van der Waals surface area contributed by atoms with Gasteiger partial charge in [0.15, 0.2) is 0 Å². The largest absolute Gasteiger partial charge is 0.508 e. The van der Waals surface area contributed by atoms with Gasteiger partial charge in [-0.25, -0.2) is 0 Å². The van der Waals surface area contributed by atoms with Crippen molar-refractivity contribution in [1.29, 1.82) is 0 Å². The lowest BCUT2D eigenvalue weighted by Crippen LogP contribution is -2.41. The van der Waals surface area contributed by atoms with Crippen molar-refractivity contribution in [3.8, 4) is 11.5 Å². The molecule has 0 radical (unpaired) electrons. The van der Waals surface area contributed by atoms with E-state index in [1.165, 1.54) is 21.7 Å².